The molecule has 120 valence electrons. The van der Waals surface area contributed by atoms with E-state index in [1.807, 2.05) is 6.07 Å². The van der Waals surface area contributed by atoms with Crippen LogP contribution in [-0.4, -0.2) is 37.7 Å². The van der Waals surface area contributed by atoms with E-state index in [1.54, 1.807) is 13.2 Å². The summed E-state index contributed by atoms with van der Waals surface area (Å²) in [5, 5.41) is 6.83. The average molecular weight is 313 g/mol. The number of hydrogen-bond acceptors (Lipinski definition) is 3. The van der Waals surface area contributed by atoms with Crippen molar-refractivity contribution in [1.29, 1.82) is 0 Å². The fourth-order valence-electron chi connectivity index (χ4n) is 3.02. The molecule has 3 rings (SSSR count). The molecule has 1 N–H and O–H groups in total. The number of nitrogens with one attached hydrogen (secondary N) is 1. The average Bonchev–Trinajstić information content (AvgIpc) is 3.08. The lowest BCUT2D eigenvalue weighted by atomic mass is 9.97. The van der Waals surface area contributed by atoms with Crippen LogP contribution in [0.2, 0.25) is 0 Å². The van der Waals surface area contributed by atoms with E-state index in [9.17, 15) is 13.2 Å². The van der Waals surface area contributed by atoms with Crippen molar-refractivity contribution >= 4 is 0 Å². The maximum Gasteiger partial charge on any atom is 0.434 e. The molecule has 0 bridgehead atoms. The van der Waals surface area contributed by atoms with Crippen molar-refractivity contribution in [2.24, 2.45) is 7.05 Å². The van der Waals surface area contributed by atoms with E-state index < -0.39 is 11.9 Å². The normalized spacial score (nSPS) is 20.5. The van der Waals surface area contributed by atoms with Crippen molar-refractivity contribution < 1.29 is 13.2 Å². The van der Waals surface area contributed by atoms with Crippen LogP contribution in [0.5, 0.6) is 0 Å². The van der Waals surface area contributed by atoms with Gasteiger partial charge in [0.25, 0.3) is 0 Å². The molecule has 1 atom stereocenters. The maximum absolute atomic E-state index is 12.8. The summed E-state index contributed by atoms with van der Waals surface area (Å²) in [4.78, 5) is 6.05. The molecule has 0 aromatic carbocycles. The minimum absolute atomic E-state index is 0.0257. The molecule has 0 aliphatic carbocycles. The molecule has 1 aliphatic heterocycles. The predicted octanol–water partition coefficient (Wildman–Crippen LogP) is 2.54. The second kappa shape index (κ2) is 5.75. The Kier molecular flexibility index (Phi) is 3.94. The number of hydrogen-bond donors (Lipinski definition) is 1. The molecule has 3 heterocycles. The molecule has 22 heavy (non-hydrogen) atoms. The number of likely N-dealkylation sites (tertiary alicyclic amines) is 1. The Bertz CT molecular complexity index is 617. The third-order valence-electron chi connectivity index (χ3n) is 4.03. The molecule has 1 fully saturated rings. The number of nitrogens with zero attached hydrogens (tertiary/aromatic N) is 4. The highest BCUT2D eigenvalue weighted by Gasteiger charge is 2.36. The molecule has 1 saturated heterocycles. The largest absolute Gasteiger partial charge is 0.434 e. The van der Waals surface area contributed by atoms with Crippen molar-refractivity contribution in [3.05, 3.63) is 35.7 Å². The van der Waals surface area contributed by atoms with E-state index in [0.717, 1.165) is 37.8 Å². The first-order valence-electron chi connectivity index (χ1n) is 7.24. The zero-order valence-corrected chi connectivity index (χ0v) is 12.3. The number of alkyl halides is 3. The number of H-pyrrole nitrogens is 1. The third-order valence-corrected chi connectivity index (χ3v) is 4.03. The standard InChI is InChI=1S/C14H18F3N5/c1-21-9-12(14(15,16)17)19-13(21)10-3-2-6-22(7-10)8-11-4-5-18-20-11/h4-5,9-10H,2-3,6-8H2,1H3,(H,18,20)/t10-/m1/s1. The molecule has 2 aromatic rings. The van der Waals surface area contributed by atoms with Crippen LogP contribution in [0.15, 0.2) is 18.5 Å². The summed E-state index contributed by atoms with van der Waals surface area (Å²) in [6, 6.07) is 1.91. The van der Waals surface area contributed by atoms with Crippen molar-refractivity contribution in [3.8, 4) is 0 Å². The molecule has 8 heteroatoms. The number of imidazole rings is 1. The minimum Gasteiger partial charge on any atom is -0.337 e. The van der Waals surface area contributed by atoms with Gasteiger partial charge in [0.15, 0.2) is 5.69 Å². The van der Waals surface area contributed by atoms with Gasteiger partial charge in [-0.25, -0.2) is 4.98 Å². The second-order valence-corrected chi connectivity index (χ2v) is 5.75. The van der Waals surface area contributed by atoms with E-state index in [4.69, 9.17) is 0 Å². The number of piperidine rings is 1. The molecule has 0 amide bonds. The zero-order chi connectivity index (χ0) is 15.7. The van der Waals surface area contributed by atoms with Crippen molar-refractivity contribution in [1.82, 2.24) is 24.6 Å². The Morgan fingerprint density at radius 2 is 2.23 bits per heavy atom. The Hall–Kier alpha value is -1.83. The van der Waals surface area contributed by atoms with Gasteiger partial charge in [0, 0.05) is 44.1 Å². The first-order chi connectivity index (χ1) is 10.4. The maximum atomic E-state index is 12.8. The first-order valence-corrected chi connectivity index (χ1v) is 7.24. The van der Waals surface area contributed by atoms with Gasteiger partial charge in [-0.15, -0.1) is 0 Å². The Morgan fingerprint density at radius 1 is 1.41 bits per heavy atom. The van der Waals surface area contributed by atoms with Crippen molar-refractivity contribution in [2.45, 2.75) is 31.5 Å². The summed E-state index contributed by atoms with van der Waals surface area (Å²) in [5.41, 5.74) is 0.201. The number of aromatic amines is 1. The Morgan fingerprint density at radius 3 is 2.86 bits per heavy atom. The van der Waals surface area contributed by atoms with Crippen LogP contribution in [0.4, 0.5) is 13.2 Å². The van der Waals surface area contributed by atoms with Crippen LogP contribution in [0.1, 0.15) is 36.0 Å². The van der Waals surface area contributed by atoms with E-state index >= 15 is 0 Å². The third kappa shape index (κ3) is 3.16. The van der Waals surface area contributed by atoms with Gasteiger partial charge in [-0.1, -0.05) is 0 Å². The first kappa shape index (κ1) is 15.1. The SMILES string of the molecule is Cn1cc(C(F)(F)F)nc1[C@@H]1CCCN(Cc2ccn[nH]2)C1. The molecule has 0 saturated carbocycles. The van der Waals surface area contributed by atoms with Crippen molar-refractivity contribution in [2.75, 3.05) is 13.1 Å². The number of aryl methyl sites for hydroxylation is 1. The molecule has 1 aliphatic rings. The van der Waals surface area contributed by atoms with E-state index in [-0.39, 0.29) is 5.92 Å². The van der Waals surface area contributed by atoms with Gasteiger partial charge in [-0.2, -0.15) is 18.3 Å². The highest BCUT2D eigenvalue weighted by atomic mass is 19.4. The highest BCUT2D eigenvalue weighted by molar-refractivity contribution is 5.12. The summed E-state index contributed by atoms with van der Waals surface area (Å²) < 4.78 is 39.8. The van der Waals surface area contributed by atoms with Crippen LogP contribution >= 0.6 is 0 Å². The molecule has 0 spiro atoms. The van der Waals surface area contributed by atoms with E-state index in [2.05, 4.69) is 20.1 Å². The summed E-state index contributed by atoms with van der Waals surface area (Å²) in [5.74, 6) is 0.541. The summed E-state index contributed by atoms with van der Waals surface area (Å²) >= 11 is 0. The van der Waals surface area contributed by atoms with Crippen LogP contribution in [0.3, 0.4) is 0 Å². The molecular formula is C14H18F3N5. The molecule has 5 nitrogen and oxygen atoms in total. The number of halogens is 3. The van der Waals surface area contributed by atoms with Gasteiger partial charge in [-0.05, 0) is 25.5 Å². The topological polar surface area (TPSA) is 49.7 Å². The highest BCUT2D eigenvalue weighted by Crippen LogP contribution is 2.32. The lowest BCUT2D eigenvalue weighted by molar-refractivity contribution is -0.141. The van der Waals surface area contributed by atoms with Gasteiger partial charge < -0.3 is 4.57 Å². The molecule has 0 unspecified atom stereocenters. The minimum atomic E-state index is -4.39. The van der Waals surface area contributed by atoms with Crippen LogP contribution < -0.4 is 0 Å². The van der Waals surface area contributed by atoms with Crippen LogP contribution in [-0.2, 0) is 19.8 Å². The fourth-order valence-corrected chi connectivity index (χ4v) is 3.02. The molecule has 2 aromatic heterocycles. The van der Waals surface area contributed by atoms with E-state index in [1.165, 1.54) is 4.57 Å². The zero-order valence-electron chi connectivity index (χ0n) is 12.3. The van der Waals surface area contributed by atoms with E-state index in [0.29, 0.717) is 12.4 Å². The van der Waals surface area contributed by atoms with Gasteiger partial charge >= 0.3 is 6.18 Å². The lowest BCUT2D eigenvalue weighted by Gasteiger charge is -2.31. The summed E-state index contributed by atoms with van der Waals surface area (Å²) in [6.07, 6.45) is 0.198. The van der Waals surface area contributed by atoms with Crippen LogP contribution in [0, 0.1) is 0 Å². The molecular weight excluding hydrogens is 295 g/mol. The van der Waals surface area contributed by atoms with Gasteiger partial charge in [0.2, 0.25) is 0 Å². The van der Waals surface area contributed by atoms with Gasteiger partial charge in [0.1, 0.15) is 5.82 Å². The fraction of sp³-hybridized carbons (Fsp3) is 0.571. The predicted molar refractivity (Wildman–Crippen MR) is 74.0 cm³/mol. The van der Waals surface area contributed by atoms with Crippen molar-refractivity contribution in [3.63, 3.8) is 0 Å². The Balaban J connectivity index is 1.73. The lowest BCUT2D eigenvalue weighted by Crippen LogP contribution is -2.34. The molecule has 0 radical (unpaired) electrons. The van der Waals surface area contributed by atoms with Crippen LogP contribution in [0.25, 0.3) is 0 Å². The number of rotatable bonds is 3. The smallest absolute Gasteiger partial charge is 0.337 e. The number of aromatic nitrogens is 4. The summed E-state index contributed by atoms with van der Waals surface area (Å²) in [6.45, 7) is 2.38. The Labute approximate surface area is 126 Å². The van der Waals surface area contributed by atoms with Gasteiger partial charge in [-0.3, -0.25) is 10.00 Å². The quantitative estimate of drug-likeness (QED) is 0.947. The second-order valence-electron chi connectivity index (χ2n) is 5.75. The summed E-state index contributed by atoms with van der Waals surface area (Å²) in [7, 11) is 1.63. The van der Waals surface area contributed by atoms with Gasteiger partial charge in [0.05, 0.1) is 0 Å². The monoisotopic (exact) mass is 313 g/mol.